The van der Waals surface area contributed by atoms with E-state index in [2.05, 4.69) is 25.6 Å². The second-order valence-electron chi connectivity index (χ2n) is 4.78. The molecule has 8 heteroatoms. The second kappa shape index (κ2) is 6.93. The molecule has 1 atom stereocenters. The molecular formula is C15H15N5OS2. The zero-order valence-electron chi connectivity index (χ0n) is 12.6. The maximum Gasteiger partial charge on any atom is 0.246 e. The first kappa shape index (κ1) is 15.7. The fourth-order valence-electron chi connectivity index (χ4n) is 1.97. The first-order chi connectivity index (χ1) is 11.2. The van der Waals surface area contributed by atoms with Crippen molar-refractivity contribution in [2.45, 2.75) is 17.3 Å². The summed E-state index contributed by atoms with van der Waals surface area (Å²) in [6.45, 7) is 1.79. The minimum Gasteiger partial charge on any atom is -0.357 e. The maximum absolute atomic E-state index is 12.3. The van der Waals surface area contributed by atoms with Gasteiger partial charge in [-0.1, -0.05) is 30.0 Å². The number of carbonyl (C=O) groups is 1. The van der Waals surface area contributed by atoms with E-state index in [0.717, 1.165) is 14.7 Å². The third-order valence-electron chi connectivity index (χ3n) is 3.13. The van der Waals surface area contributed by atoms with Crippen molar-refractivity contribution in [2.24, 2.45) is 0 Å². The molecular weight excluding hydrogens is 330 g/mol. The number of para-hydroxylation sites is 1. The quantitative estimate of drug-likeness (QED) is 0.691. The van der Waals surface area contributed by atoms with Crippen molar-refractivity contribution in [1.82, 2.24) is 15.0 Å². The average Bonchev–Trinajstić information content (AvgIpc) is 3.00. The SMILES string of the molecule is CSc1nc2ncnc(NC(C)C(=O)Nc3ccccc3)c2s1. The van der Waals surface area contributed by atoms with Gasteiger partial charge >= 0.3 is 0 Å². The lowest BCUT2D eigenvalue weighted by atomic mass is 10.2. The molecule has 23 heavy (non-hydrogen) atoms. The molecule has 0 aliphatic heterocycles. The summed E-state index contributed by atoms with van der Waals surface area (Å²) in [4.78, 5) is 25.1. The fraction of sp³-hybridized carbons (Fsp3) is 0.200. The Morgan fingerprint density at radius 1 is 1.26 bits per heavy atom. The number of benzene rings is 1. The van der Waals surface area contributed by atoms with E-state index >= 15 is 0 Å². The van der Waals surface area contributed by atoms with E-state index in [1.165, 1.54) is 17.7 Å². The van der Waals surface area contributed by atoms with Crippen LogP contribution < -0.4 is 10.6 Å². The van der Waals surface area contributed by atoms with Crippen molar-refractivity contribution in [3.8, 4) is 0 Å². The van der Waals surface area contributed by atoms with Gasteiger partial charge < -0.3 is 10.6 Å². The third-order valence-corrected chi connectivity index (χ3v) is 5.17. The predicted octanol–water partition coefficient (Wildman–Crippen LogP) is 3.25. The molecule has 118 valence electrons. The van der Waals surface area contributed by atoms with E-state index in [-0.39, 0.29) is 5.91 Å². The van der Waals surface area contributed by atoms with Crippen LogP contribution in [0.2, 0.25) is 0 Å². The summed E-state index contributed by atoms with van der Waals surface area (Å²) in [5, 5.41) is 6.01. The van der Waals surface area contributed by atoms with Gasteiger partial charge in [0, 0.05) is 5.69 Å². The van der Waals surface area contributed by atoms with Crippen molar-refractivity contribution < 1.29 is 4.79 Å². The predicted molar refractivity (Wildman–Crippen MR) is 95.1 cm³/mol. The van der Waals surface area contributed by atoms with Gasteiger partial charge in [0.05, 0.1) is 0 Å². The summed E-state index contributed by atoms with van der Waals surface area (Å²) in [5.41, 5.74) is 1.41. The Kier molecular flexibility index (Phi) is 4.73. The first-order valence-electron chi connectivity index (χ1n) is 6.95. The highest BCUT2D eigenvalue weighted by molar-refractivity contribution is 8.00. The van der Waals surface area contributed by atoms with Gasteiger partial charge in [0.1, 0.15) is 22.9 Å². The molecule has 0 spiro atoms. The van der Waals surface area contributed by atoms with Gasteiger partial charge in [-0.2, -0.15) is 0 Å². The maximum atomic E-state index is 12.3. The molecule has 2 heterocycles. The third kappa shape index (κ3) is 3.59. The van der Waals surface area contributed by atoms with Crippen LogP contribution in [-0.4, -0.2) is 33.2 Å². The number of thiazole rings is 1. The van der Waals surface area contributed by atoms with Crippen molar-refractivity contribution in [3.63, 3.8) is 0 Å². The Hall–Kier alpha value is -2.19. The zero-order valence-corrected chi connectivity index (χ0v) is 14.2. The van der Waals surface area contributed by atoms with Crippen LogP contribution >= 0.6 is 23.1 Å². The van der Waals surface area contributed by atoms with Gasteiger partial charge in [-0.25, -0.2) is 15.0 Å². The Labute approximate surface area is 141 Å². The van der Waals surface area contributed by atoms with E-state index in [0.29, 0.717) is 11.5 Å². The average molecular weight is 345 g/mol. The highest BCUT2D eigenvalue weighted by Gasteiger charge is 2.17. The summed E-state index contributed by atoms with van der Waals surface area (Å²) < 4.78 is 1.78. The van der Waals surface area contributed by atoms with Crippen LogP contribution in [0, 0.1) is 0 Å². The van der Waals surface area contributed by atoms with Gasteiger partial charge in [-0.3, -0.25) is 4.79 Å². The highest BCUT2D eigenvalue weighted by Crippen LogP contribution is 2.31. The van der Waals surface area contributed by atoms with E-state index in [1.807, 2.05) is 36.6 Å². The Morgan fingerprint density at radius 3 is 2.78 bits per heavy atom. The van der Waals surface area contributed by atoms with E-state index in [1.54, 1.807) is 18.7 Å². The number of aromatic nitrogens is 3. The molecule has 2 aromatic heterocycles. The molecule has 1 amide bonds. The smallest absolute Gasteiger partial charge is 0.246 e. The number of thioether (sulfide) groups is 1. The second-order valence-corrected chi connectivity index (χ2v) is 6.83. The van der Waals surface area contributed by atoms with Crippen molar-refractivity contribution >= 4 is 50.9 Å². The molecule has 0 radical (unpaired) electrons. The summed E-state index contributed by atoms with van der Waals surface area (Å²) in [7, 11) is 0. The van der Waals surface area contributed by atoms with E-state index in [4.69, 9.17) is 0 Å². The van der Waals surface area contributed by atoms with Gasteiger partial charge in [0.15, 0.2) is 9.99 Å². The molecule has 0 aliphatic carbocycles. The minimum absolute atomic E-state index is 0.127. The van der Waals surface area contributed by atoms with Crippen molar-refractivity contribution in [2.75, 3.05) is 16.9 Å². The molecule has 3 aromatic rings. The molecule has 0 saturated carbocycles. The number of anilines is 2. The number of nitrogens with zero attached hydrogens (tertiary/aromatic N) is 3. The first-order valence-corrected chi connectivity index (χ1v) is 8.99. The van der Waals surface area contributed by atoms with Crippen LogP contribution in [0.1, 0.15) is 6.92 Å². The van der Waals surface area contributed by atoms with Crippen LogP contribution in [0.25, 0.3) is 10.3 Å². The lowest BCUT2D eigenvalue weighted by molar-refractivity contribution is -0.116. The number of amides is 1. The fourth-order valence-corrected chi connectivity index (χ4v) is 3.43. The highest BCUT2D eigenvalue weighted by atomic mass is 32.2. The normalized spacial score (nSPS) is 12.1. The molecule has 6 nitrogen and oxygen atoms in total. The molecule has 0 fully saturated rings. The molecule has 2 N–H and O–H groups in total. The number of rotatable bonds is 5. The van der Waals surface area contributed by atoms with Gasteiger partial charge in [0.25, 0.3) is 0 Å². The summed E-state index contributed by atoms with van der Waals surface area (Å²) in [5.74, 6) is 0.501. The number of fused-ring (bicyclic) bond motifs is 1. The number of carbonyl (C=O) groups excluding carboxylic acids is 1. The summed E-state index contributed by atoms with van der Waals surface area (Å²) >= 11 is 3.08. The zero-order chi connectivity index (χ0) is 16.2. The van der Waals surface area contributed by atoms with E-state index < -0.39 is 6.04 Å². The number of hydrogen-bond donors (Lipinski definition) is 2. The molecule has 0 aliphatic rings. The van der Waals surface area contributed by atoms with Crippen LogP contribution in [0.3, 0.4) is 0 Å². The van der Waals surface area contributed by atoms with Crippen molar-refractivity contribution in [1.29, 1.82) is 0 Å². The summed E-state index contributed by atoms with van der Waals surface area (Å²) in [6.07, 6.45) is 3.42. The monoisotopic (exact) mass is 345 g/mol. The molecule has 0 bridgehead atoms. The largest absolute Gasteiger partial charge is 0.357 e. The van der Waals surface area contributed by atoms with Crippen molar-refractivity contribution in [3.05, 3.63) is 36.7 Å². The van der Waals surface area contributed by atoms with Gasteiger partial charge in [0.2, 0.25) is 5.91 Å². The molecule has 3 rings (SSSR count). The Balaban J connectivity index is 1.76. The standard InChI is InChI=1S/C15H15N5OS2/c1-9(14(21)19-10-6-4-3-5-7-10)18-12-11-13(17-8-16-12)20-15(22-2)23-11/h3-9H,1-2H3,(H,19,21)(H,16,17,18). The van der Waals surface area contributed by atoms with Gasteiger partial charge in [-0.15, -0.1) is 11.3 Å². The topological polar surface area (TPSA) is 79.8 Å². The van der Waals surface area contributed by atoms with Gasteiger partial charge in [-0.05, 0) is 25.3 Å². The lowest BCUT2D eigenvalue weighted by Crippen LogP contribution is -2.32. The Morgan fingerprint density at radius 2 is 2.04 bits per heavy atom. The Bertz CT molecular complexity index is 821. The van der Waals surface area contributed by atoms with E-state index in [9.17, 15) is 4.79 Å². The number of nitrogens with one attached hydrogen (secondary N) is 2. The van der Waals surface area contributed by atoms with Crippen LogP contribution in [-0.2, 0) is 4.79 Å². The molecule has 1 unspecified atom stereocenters. The van der Waals surface area contributed by atoms with Crippen LogP contribution in [0.4, 0.5) is 11.5 Å². The number of hydrogen-bond acceptors (Lipinski definition) is 7. The van der Waals surface area contributed by atoms with Crippen LogP contribution in [0.5, 0.6) is 0 Å². The minimum atomic E-state index is -0.437. The summed E-state index contributed by atoms with van der Waals surface area (Å²) in [6, 6.07) is 8.92. The van der Waals surface area contributed by atoms with Crippen LogP contribution in [0.15, 0.2) is 41.0 Å². The molecule has 1 aromatic carbocycles. The lowest BCUT2D eigenvalue weighted by Gasteiger charge is -2.14. The molecule has 0 saturated heterocycles.